The SMILES string of the molecule is CCOP1(=O)C=C(c2cc3ccccc3oc2=O)NN1. The molecule has 1 aliphatic heterocycles. The third-order valence-corrected chi connectivity index (χ3v) is 4.56. The van der Waals surface area contributed by atoms with Crippen LogP contribution in [-0.2, 0) is 9.09 Å². The first-order chi connectivity index (χ1) is 9.61. The maximum atomic E-state index is 12.2. The van der Waals surface area contributed by atoms with E-state index in [1.165, 1.54) is 5.82 Å². The molecular formula is C13H13N2O4P. The summed E-state index contributed by atoms with van der Waals surface area (Å²) in [5.74, 6) is 1.40. The molecule has 20 heavy (non-hydrogen) atoms. The molecule has 0 spiro atoms. The maximum Gasteiger partial charge on any atom is 0.345 e. The van der Waals surface area contributed by atoms with E-state index in [2.05, 4.69) is 10.6 Å². The second kappa shape index (κ2) is 4.90. The first-order valence-corrected chi connectivity index (χ1v) is 7.84. The average Bonchev–Trinajstić information content (AvgIpc) is 2.80. The topological polar surface area (TPSA) is 80.6 Å². The molecule has 2 heterocycles. The normalized spacial score (nSPS) is 21.8. The average molecular weight is 292 g/mol. The lowest BCUT2D eigenvalue weighted by Gasteiger charge is -2.07. The number of hydrogen-bond acceptors (Lipinski definition) is 5. The van der Waals surface area contributed by atoms with E-state index < -0.39 is 13.1 Å². The Morgan fingerprint density at radius 3 is 2.95 bits per heavy atom. The van der Waals surface area contributed by atoms with E-state index in [0.717, 1.165) is 5.39 Å². The summed E-state index contributed by atoms with van der Waals surface area (Å²) in [6.45, 7) is 2.06. The summed E-state index contributed by atoms with van der Waals surface area (Å²) in [5, 5.41) is 3.36. The molecule has 0 saturated heterocycles. The van der Waals surface area contributed by atoms with Crippen molar-refractivity contribution in [1.29, 1.82) is 0 Å². The van der Waals surface area contributed by atoms with Gasteiger partial charge in [0.1, 0.15) is 5.58 Å². The smallest absolute Gasteiger partial charge is 0.345 e. The zero-order valence-corrected chi connectivity index (χ0v) is 11.6. The van der Waals surface area contributed by atoms with Gasteiger partial charge in [0.2, 0.25) is 0 Å². The number of benzene rings is 1. The van der Waals surface area contributed by atoms with Gasteiger partial charge in [-0.25, -0.2) is 4.79 Å². The van der Waals surface area contributed by atoms with Crippen LogP contribution < -0.4 is 16.2 Å². The first kappa shape index (κ1) is 13.1. The van der Waals surface area contributed by atoms with E-state index in [4.69, 9.17) is 8.94 Å². The van der Waals surface area contributed by atoms with Crippen molar-refractivity contribution < 1.29 is 13.5 Å². The van der Waals surface area contributed by atoms with Crippen molar-refractivity contribution in [2.75, 3.05) is 6.61 Å². The van der Waals surface area contributed by atoms with Crippen molar-refractivity contribution in [3.05, 3.63) is 52.1 Å². The number of fused-ring (bicyclic) bond motifs is 1. The number of para-hydroxylation sites is 1. The van der Waals surface area contributed by atoms with Gasteiger partial charge in [0.05, 0.1) is 17.9 Å². The van der Waals surface area contributed by atoms with Crippen LogP contribution in [0.2, 0.25) is 0 Å². The van der Waals surface area contributed by atoms with E-state index in [1.54, 1.807) is 25.1 Å². The van der Waals surface area contributed by atoms with Gasteiger partial charge in [0, 0.05) is 11.2 Å². The van der Waals surface area contributed by atoms with Gasteiger partial charge in [-0.3, -0.25) is 4.57 Å². The van der Waals surface area contributed by atoms with Crippen molar-refractivity contribution in [1.82, 2.24) is 10.6 Å². The predicted octanol–water partition coefficient (Wildman–Crippen LogP) is 2.43. The second-order valence-corrected chi connectivity index (χ2v) is 6.21. The molecule has 104 valence electrons. The monoisotopic (exact) mass is 292 g/mol. The Balaban J connectivity index is 2.09. The Morgan fingerprint density at radius 1 is 1.35 bits per heavy atom. The maximum absolute atomic E-state index is 12.2. The summed E-state index contributed by atoms with van der Waals surface area (Å²) >= 11 is 0. The molecule has 0 bridgehead atoms. The number of hydrogen-bond donors (Lipinski definition) is 2. The standard InChI is InChI=1S/C13H13N2O4P/c1-2-18-20(17)8-11(14-15-20)10-7-9-5-3-4-6-12(9)19-13(10)16/h3-8H,2H2,1H3,(H2,14,15,17). The fourth-order valence-corrected chi connectivity index (χ4v) is 3.43. The molecule has 2 N–H and O–H groups in total. The van der Waals surface area contributed by atoms with E-state index in [9.17, 15) is 9.36 Å². The zero-order chi connectivity index (χ0) is 14.2. The van der Waals surface area contributed by atoms with Gasteiger partial charge in [0.25, 0.3) is 0 Å². The minimum atomic E-state index is -3.08. The quantitative estimate of drug-likeness (QED) is 0.668. The summed E-state index contributed by atoms with van der Waals surface area (Å²) in [7, 11) is -3.08. The molecule has 1 aliphatic rings. The molecule has 0 amide bonds. The highest BCUT2D eigenvalue weighted by Gasteiger charge is 2.28. The van der Waals surface area contributed by atoms with Gasteiger partial charge in [-0.15, -0.1) is 0 Å². The highest BCUT2D eigenvalue weighted by atomic mass is 31.2. The Bertz CT molecular complexity index is 796. The molecule has 1 atom stereocenters. The lowest BCUT2D eigenvalue weighted by molar-refractivity contribution is 0.332. The summed E-state index contributed by atoms with van der Waals surface area (Å²) in [6.07, 6.45) is 0. The minimum Gasteiger partial charge on any atom is -0.422 e. The van der Waals surface area contributed by atoms with Crippen molar-refractivity contribution in [2.24, 2.45) is 0 Å². The van der Waals surface area contributed by atoms with Crippen LogP contribution in [-0.4, -0.2) is 6.61 Å². The van der Waals surface area contributed by atoms with Crippen molar-refractivity contribution >= 4 is 24.2 Å². The van der Waals surface area contributed by atoms with Gasteiger partial charge < -0.3 is 14.4 Å². The Hall–Kier alpha value is -1.88. The molecule has 1 aromatic heterocycles. The minimum absolute atomic E-state index is 0.308. The summed E-state index contributed by atoms with van der Waals surface area (Å²) in [4.78, 5) is 12.0. The number of rotatable bonds is 3. The van der Waals surface area contributed by atoms with Crippen LogP contribution >= 0.6 is 7.52 Å². The van der Waals surface area contributed by atoms with Gasteiger partial charge >= 0.3 is 13.1 Å². The van der Waals surface area contributed by atoms with Crippen molar-refractivity contribution in [3.8, 4) is 0 Å². The highest BCUT2D eigenvalue weighted by Crippen LogP contribution is 2.48. The molecule has 0 aliphatic carbocycles. The lowest BCUT2D eigenvalue weighted by atomic mass is 10.1. The summed E-state index contributed by atoms with van der Waals surface area (Å²) in [5.41, 5.74) is 3.46. The third kappa shape index (κ3) is 2.29. The zero-order valence-electron chi connectivity index (χ0n) is 10.8. The molecular weight excluding hydrogens is 279 g/mol. The Kier molecular flexibility index (Phi) is 3.22. The molecule has 2 aromatic rings. The van der Waals surface area contributed by atoms with E-state index in [0.29, 0.717) is 23.5 Å². The molecule has 7 heteroatoms. The fourth-order valence-electron chi connectivity index (χ4n) is 2.02. The predicted molar refractivity (Wildman–Crippen MR) is 76.0 cm³/mol. The molecule has 6 nitrogen and oxygen atoms in total. The number of nitrogens with one attached hydrogen (secondary N) is 2. The van der Waals surface area contributed by atoms with Crippen LogP contribution in [0, 0.1) is 0 Å². The number of hydrazine groups is 1. The second-order valence-electron chi connectivity index (χ2n) is 4.28. The molecule has 1 unspecified atom stereocenters. The molecule has 3 rings (SSSR count). The van der Waals surface area contributed by atoms with Crippen molar-refractivity contribution in [2.45, 2.75) is 6.92 Å². The van der Waals surface area contributed by atoms with E-state index in [-0.39, 0.29) is 0 Å². The van der Waals surface area contributed by atoms with E-state index >= 15 is 0 Å². The highest BCUT2D eigenvalue weighted by molar-refractivity contribution is 7.60. The van der Waals surface area contributed by atoms with E-state index in [1.807, 2.05) is 12.1 Å². The lowest BCUT2D eigenvalue weighted by Crippen LogP contribution is -2.23. The fraction of sp³-hybridized carbons (Fsp3) is 0.154. The van der Waals surface area contributed by atoms with Crippen molar-refractivity contribution in [3.63, 3.8) is 0 Å². The van der Waals surface area contributed by atoms with Gasteiger partial charge in [-0.2, -0.15) is 5.20 Å². The van der Waals surface area contributed by atoms with Crippen LogP contribution in [0.5, 0.6) is 0 Å². The summed E-state index contributed by atoms with van der Waals surface area (Å²) < 4.78 is 22.5. The van der Waals surface area contributed by atoms with Gasteiger partial charge in [-0.05, 0) is 19.1 Å². The van der Waals surface area contributed by atoms with Crippen LogP contribution in [0.4, 0.5) is 0 Å². The summed E-state index contributed by atoms with van der Waals surface area (Å²) in [6, 6.07) is 8.91. The Labute approximate surface area is 114 Å². The molecule has 1 aromatic carbocycles. The van der Waals surface area contributed by atoms with Crippen LogP contribution in [0.1, 0.15) is 12.5 Å². The van der Waals surface area contributed by atoms with Crippen LogP contribution in [0.15, 0.2) is 45.4 Å². The van der Waals surface area contributed by atoms with Gasteiger partial charge in [0.15, 0.2) is 0 Å². The van der Waals surface area contributed by atoms with Crippen LogP contribution in [0.25, 0.3) is 16.7 Å². The Morgan fingerprint density at radius 2 is 2.15 bits per heavy atom. The largest absolute Gasteiger partial charge is 0.422 e. The first-order valence-electron chi connectivity index (χ1n) is 6.15. The molecule has 0 saturated carbocycles. The van der Waals surface area contributed by atoms with Crippen LogP contribution in [0.3, 0.4) is 0 Å². The molecule has 0 radical (unpaired) electrons. The van der Waals surface area contributed by atoms with Gasteiger partial charge in [-0.1, -0.05) is 18.2 Å². The third-order valence-electron chi connectivity index (χ3n) is 2.90. The molecule has 0 fully saturated rings.